The molecule has 0 saturated carbocycles. The van der Waals surface area contributed by atoms with Gasteiger partial charge in [-0.2, -0.15) is 0 Å². The van der Waals surface area contributed by atoms with Crippen LogP contribution in [0.4, 0.5) is 0 Å². The molecule has 0 unspecified atom stereocenters. The highest BCUT2D eigenvalue weighted by molar-refractivity contribution is 5.78. The third-order valence-electron chi connectivity index (χ3n) is 2.37. The molecular formula is C10H11N3O3. The minimum absolute atomic E-state index is 0.143. The molecule has 0 saturated heterocycles. The fourth-order valence-corrected chi connectivity index (χ4v) is 1.53. The van der Waals surface area contributed by atoms with Crippen molar-refractivity contribution in [3.05, 3.63) is 39.0 Å². The second kappa shape index (κ2) is 3.82. The van der Waals surface area contributed by atoms with Crippen molar-refractivity contribution in [1.82, 2.24) is 9.55 Å². The van der Waals surface area contributed by atoms with Gasteiger partial charge in [0.05, 0.1) is 24.7 Å². The highest BCUT2D eigenvalue weighted by atomic mass is 16.5. The van der Waals surface area contributed by atoms with E-state index in [4.69, 9.17) is 10.5 Å². The van der Waals surface area contributed by atoms with Crippen molar-refractivity contribution in [2.45, 2.75) is 6.67 Å². The summed E-state index contributed by atoms with van der Waals surface area (Å²) < 4.78 is 5.94. The maximum Gasteiger partial charge on any atom is 0.329 e. The smallest absolute Gasteiger partial charge is 0.329 e. The summed E-state index contributed by atoms with van der Waals surface area (Å²) in [7, 11) is 1.51. The fourth-order valence-electron chi connectivity index (χ4n) is 1.53. The average molecular weight is 221 g/mol. The van der Waals surface area contributed by atoms with Gasteiger partial charge in [0.15, 0.2) is 0 Å². The van der Waals surface area contributed by atoms with Crippen molar-refractivity contribution in [3.8, 4) is 5.75 Å². The molecular weight excluding hydrogens is 210 g/mol. The van der Waals surface area contributed by atoms with E-state index in [0.29, 0.717) is 16.7 Å². The Balaban J connectivity index is 2.87. The monoisotopic (exact) mass is 221 g/mol. The van der Waals surface area contributed by atoms with Crippen LogP contribution >= 0.6 is 0 Å². The molecule has 1 aromatic heterocycles. The van der Waals surface area contributed by atoms with Gasteiger partial charge < -0.3 is 15.5 Å². The van der Waals surface area contributed by atoms with Gasteiger partial charge in [-0.1, -0.05) is 0 Å². The molecule has 2 rings (SSSR count). The Morgan fingerprint density at radius 2 is 2.19 bits per heavy atom. The highest BCUT2D eigenvalue weighted by Gasteiger charge is 2.06. The summed E-state index contributed by atoms with van der Waals surface area (Å²) in [6, 6.07) is 4.85. The molecule has 0 aliphatic rings. The van der Waals surface area contributed by atoms with Gasteiger partial charge in [0.25, 0.3) is 5.56 Å². The number of hydrogen-bond acceptors (Lipinski definition) is 4. The van der Waals surface area contributed by atoms with Crippen molar-refractivity contribution in [1.29, 1.82) is 0 Å². The normalized spacial score (nSPS) is 10.6. The van der Waals surface area contributed by atoms with E-state index in [0.717, 1.165) is 4.57 Å². The van der Waals surface area contributed by atoms with Gasteiger partial charge in [-0.3, -0.25) is 4.79 Å². The maximum atomic E-state index is 11.8. The van der Waals surface area contributed by atoms with Crippen LogP contribution in [0.3, 0.4) is 0 Å². The van der Waals surface area contributed by atoms with Crippen molar-refractivity contribution in [3.63, 3.8) is 0 Å². The second-order valence-corrected chi connectivity index (χ2v) is 3.26. The van der Waals surface area contributed by atoms with Gasteiger partial charge in [0.2, 0.25) is 0 Å². The molecule has 84 valence electrons. The Labute approximate surface area is 90.3 Å². The number of aromatic nitrogens is 2. The SMILES string of the molecule is COc1ccc2c(=O)n(CN)c(=O)[nH]c2c1. The Bertz CT molecular complexity index is 642. The molecule has 0 fully saturated rings. The van der Waals surface area contributed by atoms with Crippen molar-refractivity contribution in [2.75, 3.05) is 7.11 Å². The lowest BCUT2D eigenvalue weighted by Gasteiger charge is -2.04. The van der Waals surface area contributed by atoms with Crippen LogP contribution in [0.1, 0.15) is 0 Å². The molecule has 0 amide bonds. The number of nitrogens with two attached hydrogens (primary N) is 1. The van der Waals surface area contributed by atoms with E-state index in [1.54, 1.807) is 18.2 Å². The summed E-state index contributed by atoms with van der Waals surface area (Å²) >= 11 is 0. The Hall–Kier alpha value is -2.08. The molecule has 0 radical (unpaired) electrons. The van der Waals surface area contributed by atoms with Crippen LogP contribution in [0.5, 0.6) is 5.75 Å². The Morgan fingerprint density at radius 1 is 1.44 bits per heavy atom. The fraction of sp³-hybridized carbons (Fsp3) is 0.200. The van der Waals surface area contributed by atoms with Gasteiger partial charge in [0.1, 0.15) is 5.75 Å². The molecule has 1 heterocycles. The summed E-state index contributed by atoms with van der Waals surface area (Å²) in [4.78, 5) is 25.8. The number of aromatic amines is 1. The number of benzene rings is 1. The molecule has 6 nitrogen and oxygen atoms in total. The minimum atomic E-state index is -0.520. The van der Waals surface area contributed by atoms with E-state index < -0.39 is 11.2 Å². The number of ether oxygens (including phenoxy) is 1. The van der Waals surface area contributed by atoms with Crippen LogP contribution in [-0.2, 0) is 6.67 Å². The summed E-state index contributed by atoms with van der Waals surface area (Å²) in [6.07, 6.45) is 0. The summed E-state index contributed by atoms with van der Waals surface area (Å²) in [5.74, 6) is 0.577. The first-order chi connectivity index (χ1) is 7.67. The summed E-state index contributed by atoms with van der Waals surface area (Å²) in [5.41, 5.74) is 4.84. The van der Waals surface area contributed by atoms with Crippen molar-refractivity contribution in [2.24, 2.45) is 5.73 Å². The number of methoxy groups -OCH3 is 1. The van der Waals surface area contributed by atoms with E-state index in [-0.39, 0.29) is 6.67 Å². The zero-order chi connectivity index (χ0) is 11.7. The number of nitrogens with one attached hydrogen (secondary N) is 1. The number of fused-ring (bicyclic) bond motifs is 1. The van der Waals surface area contributed by atoms with Crippen LogP contribution in [0.2, 0.25) is 0 Å². The molecule has 16 heavy (non-hydrogen) atoms. The first kappa shape index (κ1) is 10.4. The van der Waals surface area contributed by atoms with Gasteiger partial charge in [-0.15, -0.1) is 0 Å². The maximum absolute atomic E-state index is 11.8. The zero-order valence-corrected chi connectivity index (χ0v) is 8.69. The van der Waals surface area contributed by atoms with Gasteiger partial charge in [0, 0.05) is 6.07 Å². The quantitative estimate of drug-likeness (QED) is 0.723. The van der Waals surface area contributed by atoms with Crippen LogP contribution in [0.15, 0.2) is 27.8 Å². The second-order valence-electron chi connectivity index (χ2n) is 3.26. The molecule has 0 spiro atoms. The summed E-state index contributed by atoms with van der Waals surface area (Å²) in [5, 5.41) is 0.408. The third kappa shape index (κ3) is 1.49. The molecule has 0 aliphatic carbocycles. The van der Waals surface area contributed by atoms with Gasteiger partial charge in [-0.05, 0) is 12.1 Å². The van der Waals surface area contributed by atoms with E-state index in [1.807, 2.05) is 0 Å². The van der Waals surface area contributed by atoms with E-state index in [9.17, 15) is 9.59 Å². The molecule has 0 bridgehead atoms. The van der Waals surface area contributed by atoms with Crippen molar-refractivity contribution >= 4 is 10.9 Å². The van der Waals surface area contributed by atoms with Crippen LogP contribution in [0.25, 0.3) is 10.9 Å². The van der Waals surface area contributed by atoms with Crippen LogP contribution in [0, 0.1) is 0 Å². The first-order valence-electron chi connectivity index (χ1n) is 4.68. The van der Waals surface area contributed by atoms with E-state index >= 15 is 0 Å². The van der Waals surface area contributed by atoms with Gasteiger partial charge >= 0.3 is 5.69 Å². The molecule has 0 atom stereocenters. The molecule has 3 N–H and O–H groups in total. The lowest BCUT2D eigenvalue weighted by Crippen LogP contribution is -2.37. The standard InChI is InChI=1S/C10H11N3O3/c1-16-6-2-3-7-8(4-6)12-10(15)13(5-11)9(7)14/h2-4H,5,11H2,1H3,(H,12,15). The molecule has 0 aliphatic heterocycles. The lowest BCUT2D eigenvalue weighted by molar-refractivity contribution is 0.415. The Kier molecular flexibility index (Phi) is 2.49. The van der Waals surface area contributed by atoms with Crippen LogP contribution < -0.4 is 21.7 Å². The van der Waals surface area contributed by atoms with Crippen LogP contribution in [-0.4, -0.2) is 16.7 Å². The summed E-state index contributed by atoms with van der Waals surface area (Å²) in [6.45, 7) is -0.143. The molecule has 6 heteroatoms. The number of rotatable bonds is 2. The highest BCUT2D eigenvalue weighted by Crippen LogP contribution is 2.14. The average Bonchev–Trinajstić information content (AvgIpc) is 2.28. The number of H-pyrrole nitrogens is 1. The lowest BCUT2D eigenvalue weighted by atomic mass is 10.2. The molecule has 1 aromatic carbocycles. The first-order valence-corrected chi connectivity index (χ1v) is 4.68. The predicted octanol–water partition coefficient (Wildman–Crippen LogP) is -0.385. The van der Waals surface area contributed by atoms with E-state index in [2.05, 4.69) is 4.98 Å². The topological polar surface area (TPSA) is 90.1 Å². The zero-order valence-electron chi connectivity index (χ0n) is 8.69. The minimum Gasteiger partial charge on any atom is -0.497 e. The third-order valence-corrected chi connectivity index (χ3v) is 2.37. The predicted molar refractivity (Wildman–Crippen MR) is 59.6 cm³/mol. The van der Waals surface area contributed by atoms with Crippen molar-refractivity contribution < 1.29 is 4.74 Å². The van der Waals surface area contributed by atoms with Gasteiger partial charge in [-0.25, -0.2) is 9.36 Å². The Morgan fingerprint density at radius 3 is 2.81 bits per heavy atom. The number of hydrogen-bond donors (Lipinski definition) is 2. The number of nitrogens with zero attached hydrogens (tertiary/aromatic N) is 1. The largest absolute Gasteiger partial charge is 0.497 e. The van der Waals surface area contributed by atoms with E-state index in [1.165, 1.54) is 7.11 Å². The molecule has 2 aromatic rings.